The monoisotopic (exact) mass is 108 g/mol. The molecule has 0 spiro atoms. The molecule has 0 N–H and O–H groups in total. The first kappa shape index (κ1) is 6.97. The zero-order valence-corrected chi connectivity index (χ0v) is 5.06. The molecule has 0 radical (unpaired) electrons. The summed E-state index contributed by atoms with van der Waals surface area (Å²) in [5, 5.41) is 0. The summed E-state index contributed by atoms with van der Waals surface area (Å²) in [6.07, 6.45) is 6.57. The average molecular weight is 108 g/mol. The Bertz CT molecular complexity index is 158. The Morgan fingerprint density at radius 1 is 1.75 bits per heavy atom. The van der Waals surface area contributed by atoms with Gasteiger partial charge in [-0.05, 0) is 13.8 Å². The Balaban J connectivity index is 4.20. The Hall–Kier alpha value is -1.03. The molecule has 0 aliphatic heterocycles. The lowest BCUT2D eigenvalue weighted by atomic mass is 10.2. The van der Waals surface area contributed by atoms with Crippen LogP contribution in [0.4, 0.5) is 0 Å². The van der Waals surface area contributed by atoms with Crippen molar-refractivity contribution in [1.82, 2.24) is 0 Å². The molecule has 8 heavy (non-hydrogen) atoms. The first-order chi connectivity index (χ1) is 3.72. The third kappa shape index (κ3) is 1.61. The van der Waals surface area contributed by atoms with E-state index in [0.717, 1.165) is 0 Å². The van der Waals surface area contributed by atoms with Crippen LogP contribution in [0.3, 0.4) is 0 Å². The molecule has 0 aromatic rings. The van der Waals surface area contributed by atoms with Crippen LogP contribution >= 0.6 is 0 Å². The lowest BCUT2D eigenvalue weighted by Crippen LogP contribution is -1.91. The van der Waals surface area contributed by atoms with Crippen LogP contribution in [-0.4, -0.2) is 5.78 Å². The van der Waals surface area contributed by atoms with Gasteiger partial charge >= 0.3 is 0 Å². The summed E-state index contributed by atoms with van der Waals surface area (Å²) in [5.41, 5.74) is 0.449. The molecule has 0 fully saturated rings. The Kier molecular flexibility index (Phi) is 2.64. The van der Waals surface area contributed by atoms with Crippen molar-refractivity contribution in [2.45, 2.75) is 13.8 Å². The van der Waals surface area contributed by atoms with E-state index in [0.29, 0.717) is 5.57 Å². The number of hydrogen-bond donors (Lipinski definition) is 0. The smallest absolute Gasteiger partial charge is 0.167 e. The van der Waals surface area contributed by atoms with Gasteiger partial charge < -0.3 is 0 Å². The normalized spacial score (nSPS) is 10.4. The number of carbonyl (C=O) groups is 1. The number of hydrogen-bond acceptors (Lipinski definition) is 1. The number of ketones is 1. The van der Waals surface area contributed by atoms with E-state index in [1.54, 1.807) is 13.0 Å². The summed E-state index contributed by atoms with van der Waals surface area (Å²) in [7, 11) is 0. The van der Waals surface area contributed by atoms with Gasteiger partial charge in [0.1, 0.15) is 0 Å². The summed E-state index contributed by atoms with van der Waals surface area (Å²) >= 11 is 0. The topological polar surface area (TPSA) is 17.1 Å². The highest BCUT2D eigenvalue weighted by atomic mass is 16.1. The molecule has 0 amide bonds. The maximum Gasteiger partial charge on any atom is 0.167 e. The van der Waals surface area contributed by atoms with Gasteiger partial charge in [-0.25, -0.2) is 0 Å². The second-order valence-electron chi connectivity index (χ2n) is 1.40. The SMILES string of the molecule is C#CC(=CC)C(C)=O. The summed E-state index contributed by atoms with van der Waals surface area (Å²) in [6.45, 7) is 3.20. The molecule has 0 aromatic carbocycles. The third-order valence-electron chi connectivity index (χ3n) is 0.823. The highest BCUT2D eigenvalue weighted by molar-refractivity contribution is 5.97. The highest BCUT2D eigenvalue weighted by Gasteiger charge is 1.93. The zero-order chi connectivity index (χ0) is 6.57. The van der Waals surface area contributed by atoms with Crippen LogP contribution in [0.1, 0.15) is 13.8 Å². The molecule has 0 aliphatic rings. The minimum absolute atomic E-state index is 0.0463. The van der Waals surface area contributed by atoms with Gasteiger partial charge in [-0.3, -0.25) is 4.79 Å². The Morgan fingerprint density at radius 2 is 2.25 bits per heavy atom. The number of rotatable bonds is 1. The van der Waals surface area contributed by atoms with Crippen LogP contribution in [0, 0.1) is 12.3 Å². The van der Waals surface area contributed by atoms with Crippen molar-refractivity contribution in [3.63, 3.8) is 0 Å². The van der Waals surface area contributed by atoms with Crippen molar-refractivity contribution in [2.75, 3.05) is 0 Å². The molecule has 0 heterocycles. The van der Waals surface area contributed by atoms with Gasteiger partial charge in [-0.2, -0.15) is 0 Å². The Labute approximate surface area is 49.4 Å². The highest BCUT2D eigenvalue weighted by Crippen LogP contribution is 1.90. The largest absolute Gasteiger partial charge is 0.294 e. The predicted molar refractivity (Wildman–Crippen MR) is 33.3 cm³/mol. The molecule has 42 valence electrons. The van der Waals surface area contributed by atoms with E-state index < -0.39 is 0 Å². The zero-order valence-electron chi connectivity index (χ0n) is 5.06. The standard InChI is InChI=1S/C7H8O/c1-4-7(5-2)6(3)8/h1,5H,2-3H3. The van der Waals surface area contributed by atoms with Crippen LogP contribution in [0.5, 0.6) is 0 Å². The van der Waals surface area contributed by atoms with Gasteiger partial charge in [-0.15, -0.1) is 6.42 Å². The second kappa shape index (κ2) is 3.04. The molecule has 0 aromatic heterocycles. The van der Waals surface area contributed by atoms with Crippen molar-refractivity contribution in [2.24, 2.45) is 0 Å². The van der Waals surface area contributed by atoms with E-state index in [4.69, 9.17) is 6.42 Å². The van der Waals surface area contributed by atoms with Gasteiger partial charge in [0.2, 0.25) is 0 Å². The minimum Gasteiger partial charge on any atom is -0.294 e. The van der Waals surface area contributed by atoms with Crippen molar-refractivity contribution in [3.8, 4) is 12.3 Å². The quantitative estimate of drug-likeness (QED) is 0.364. The fourth-order valence-corrected chi connectivity index (χ4v) is 0.388. The summed E-state index contributed by atoms with van der Waals surface area (Å²) in [4.78, 5) is 10.4. The molecular formula is C7H8O. The minimum atomic E-state index is -0.0463. The summed E-state index contributed by atoms with van der Waals surface area (Å²) < 4.78 is 0. The Morgan fingerprint density at radius 3 is 2.25 bits per heavy atom. The van der Waals surface area contributed by atoms with Crippen LogP contribution in [0.15, 0.2) is 11.6 Å². The average Bonchev–Trinajstić information content (AvgIpc) is 1.69. The van der Waals surface area contributed by atoms with E-state index in [9.17, 15) is 4.79 Å². The van der Waals surface area contributed by atoms with Gasteiger partial charge in [0.05, 0.1) is 5.57 Å². The molecule has 0 bridgehead atoms. The van der Waals surface area contributed by atoms with Crippen LogP contribution < -0.4 is 0 Å². The van der Waals surface area contributed by atoms with Crippen LogP contribution in [-0.2, 0) is 4.79 Å². The molecule has 0 saturated carbocycles. The number of terminal acetylenes is 1. The van der Waals surface area contributed by atoms with E-state index in [-0.39, 0.29) is 5.78 Å². The van der Waals surface area contributed by atoms with Gasteiger partial charge in [0.15, 0.2) is 5.78 Å². The number of Topliss-reactive ketones (excluding diaryl/α,β-unsaturated/α-hetero) is 1. The molecular weight excluding hydrogens is 100 g/mol. The molecule has 0 rings (SSSR count). The van der Waals surface area contributed by atoms with Crippen LogP contribution in [0.25, 0.3) is 0 Å². The van der Waals surface area contributed by atoms with Crippen molar-refractivity contribution < 1.29 is 4.79 Å². The maximum absolute atomic E-state index is 10.4. The molecule has 0 aliphatic carbocycles. The van der Waals surface area contributed by atoms with E-state index in [2.05, 4.69) is 5.92 Å². The lowest BCUT2D eigenvalue weighted by molar-refractivity contribution is -0.113. The predicted octanol–water partition coefficient (Wildman–Crippen LogP) is 1.15. The number of allylic oxidation sites excluding steroid dienone is 2. The van der Waals surface area contributed by atoms with Crippen molar-refractivity contribution in [1.29, 1.82) is 0 Å². The summed E-state index contributed by atoms with van der Waals surface area (Å²) in [5.74, 6) is 2.22. The first-order valence-electron chi connectivity index (χ1n) is 2.36. The third-order valence-corrected chi connectivity index (χ3v) is 0.823. The van der Waals surface area contributed by atoms with Crippen LogP contribution in [0.2, 0.25) is 0 Å². The summed E-state index contributed by atoms with van der Waals surface area (Å²) in [6, 6.07) is 0. The number of carbonyl (C=O) groups excluding carboxylic acids is 1. The molecule has 1 heteroatoms. The second-order valence-corrected chi connectivity index (χ2v) is 1.40. The van der Waals surface area contributed by atoms with E-state index >= 15 is 0 Å². The molecule has 0 unspecified atom stereocenters. The molecule has 0 saturated heterocycles. The van der Waals surface area contributed by atoms with Gasteiger partial charge in [0.25, 0.3) is 0 Å². The molecule has 0 atom stereocenters. The van der Waals surface area contributed by atoms with Crippen molar-refractivity contribution >= 4 is 5.78 Å². The fraction of sp³-hybridized carbons (Fsp3) is 0.286. The van der Waals surface area contributed by atoms with Gasteiger partial charge in [-0.1, -0.05) is 12.0 Å². The molecule has 1 nitrogen and oxygen atoms in total. The lowest BCUT2D eigenvalue weighted by Gasteiger charge is -1.85. The maximum atomic E-state index is 10.4. The van der Waals surface area contributed by atoms with E-state index in [1.807, 2.05) is 0 Å². The fourth-order valence-electron chi connectivity index (χ4n) is 0.388. The van der Waals surface area contributed by atoms with Crippen molar-refractivity contribution in [3.05, 3.63) is 11.6 Å². The van der Waals surface area contributed by atoms with E-state index in [1.165, 1.54) is 6.92 Å². The first-order valence-corrected chi connectivity index (χ1v) is 2.36. The van der Waals surface area contributed by atoms with Gasteiger partial charge in [0, 0.05) is 0 Å².